The van der Waals surface area contributed by atoms with Crippen molar-refractivity contribution in [2.24, 2.45) is 17.8 Å². The largest absolute Gasteiger partial charge is 0.326 e. The summed E-state index contributed by atoms with van der Waals surface area (Å²) in [5, 5.41) is 6.50. The van der Waals surface area contributed by atoms with Crippen molar-refractivity contribution in [1.82, 2.24) is 5.32 Å². The minimum atomic E-state index is 0.236. The molecular formula is C18H26N2O. The normalized spacial score (nSPS) is 28.6. The predicted octanol–water partition coefficient (Wildman–Crippen LogP) is 3.73. The minimum Gasteiger partial charge on any atom is -0.326 e. The third-order valence-corrected chi connectivity index (χ3v) is 5.15. The van der Waals surface area contributed by atoms with Crippen LogP contribution in [0.2, 0.25) is 0 Å². The Labute approximate surface area is 127 Å². The van der Waals surface area contributed by atoms with Crippen LogP contribution < -0.4 is 10.6 Å². The zero-order valence-electron chi connectivity index (χ0n) is 13.1. The molecule has 3 nitrogen and oxygen atoms in total. The van der Waals surface area contributed by atoms with Gasteiger partial charge in [-0.25, -0.2) is 0 Å². The Balaban J connectivity index is 1.57. The van der Waals surface area contributed by atoms with Gasteiger partial charge in [0.2, 0.25) is 5.91 Å². The number of nitrogens with one attached hydrogen (secondary N) is 2. The van der Waals surface area contributed by atoms with E-state index in [1.54, 1.807) is 0 Å². The highest BCUT2D eigenvalue weighted by atomic mass is 16.2. The fourth-order valence-corrected chi connectivity index (χ4v) is 3.89. The zero-order valence-corrected chi connectivity index (χ0v) is 13.1. The highest BCUT2D eigenvalue weighted by Gasteiger charge is 2.54. The van der Waals surface area contributed by atoms with Gasteiger partial charge in [0, 0.05) is 17.6 Å². The Bertz CT molecular complexity index is 484. The maximum Gasteiger partial charge on any atom is 0.228 e. The topological polar surface area (TPSA) is 41.1 Å². The van der Waals surface area contributed by atoms with Crippen LogP contribution in [0, 0.1) is 17.8 Å². The van der Waals surface area contributed by atoms with E-state index in [2.05, 4.69) is 36.6 Å². The van der Waals surface area contributed by atoms with Crippen molar-refractivity contribution in [1.29, 1.82) is 0 Å². The van der Waals surface area contributed by atoms with Crippen LogP contribution in [0.5, 0.6) is 0 Å². The third-order valence-electron chi connectivity index (χ3n) is 5.15. The molecule has 3 unspecified atom stereocenters. The number of rotatable bonds is 5. The van der Waals surface area contributed by atoms with Gasteiger partial charge in [-0.3, -0.25) is 4.79 Å². The molecule has 3 rings (SSSR count). The van der Waals surface area contributed by atoms with E-state index in [0.717, 1.165) is 12.2 Å². The van der Waals surface area contributed by atoms with Crippen LogP contribution in [0.15, 0.2) is 24.3 Å². The summed E-state index contributed by atoms with van der Waals surface area (Å²) in [6.45, 7) is 5.23. The first-order chi connectivity index (χ1) is 10.2. The number of fused-ring (bicyclic) bond motifs is 1. The molecule has 3 heteroatoms. The molecule has 0 spiro atoms. The third kappa shape index (κ3) is 3.13. The molecule has 2 N–H and O–H groups in total. The van der Waals surface area contributed by atoms with E-state index in [4.69, 9.17) is 0 Å². The first-order valence-electron chi connectivity index (χ1n) is 8.35. The van der Waals surface area contributed by atoms with Gasteiger partial charge < -0.3 is 10.6 Å². The SMILES string of the molecule is CCNC(C)c1ccc(NC(=O)C2C3CCCCC32)cc1. The minimum absolute atomic E-state index is 0.236. The van der Waals surface area contributed by atoms with Gasteiger partial charge in [0.25, 0.3) is 0 Å². The van der Waals surface area contributed by atoms with Gasteiger partial charge in [-0.15, -0.1) is 0 Å². The van der Waals surface area contributed by atoms with E-state index in [-0.39, 0.29) is 11.8 Å². The molecule has 0 saturated heterocycles. The molecule has 114 valence electrons. The first-order valence-corrected chi connectivity index (χ1v) is 8.35. The van der Waals surface area contributed by atoms with E-state index in [0.29, 0.717) is 17.9 Å². The molecule has 1 amide bonds. The van der Waals surface area contributed by atoms with Crippen LogP contribution >= 0.6 is 0 Å². The molecule has 2 saturated carbocycles. The lowest BCUT2D eigenvalue weighted by Crippen LogP contribution is -2.18. The Morgan fingerprint density at radius 1 is 1.19 bits per heavy atom. The molecule has 0 aliphatic heterocycles. The standard InChI is InChI=1S/C18H26N2O/c1-3-19-12(2)13-8-10-14(11-9-13)20-18(21)17-15-6-4-5-7-16(15)17/h8-12,15-17,19H,3-7H2,1-2H3,(H,20,21). The van der Waals surface area contributed by atoms with Crippen molar-refractivity contribution in [3.8, 4) is 0 Å². The van der Waals surface area contributed by atoms with E-state index in [1.165, 1.54) is 31.2 Å². The number of carbonyl (C=O) groups is 1. The van der Waals surface area contributed by atoms with Crippen molar-refractivity contribution in [2.45, 2.75) is 45.6 Å². The number of amides is 1. The second kappa shape index (κ2) is 6.18. The highest BCUT2D eigenvalue weighted by Crippen LogP contribution is 2.55. The van der Waals surface area contributed by atoms with Gasteiger partial charge in [-0.1, -0.05) is 31.9 Å². The molecule has 2 aliphatic rings. The summed E-state index contributed by atoms with van der Waals surface area (Å²) >= 11 is 0. The Kier molecular flexibility index (Phi) is 4.29. The summed E-state index contributed by atoms with van der Waals surface area (Å²) in [5.74, 6) is 1.87. The van der Waals surface area contributed by atoms with Crippen LogP contribution in [-0.2, 0) is 4.79 Å². The van der Waals surface area contributed by atoms with Crippen molar-refractivity contribution in [3.63, 3.8) is 0 Å². The molecule has 2 aliphatic carbocycles. The van der Waals surface area contributed by atoms with E-state index >= 15 is 0 Å². The van der Waals surface area contributed by atoms with Crippen LogP contribution in [0.25, 0.3) is 0 Å². The smallest absolute Gasteiger partial charge is 0.228 e. The summed E-state index contributed by atoms with van der Waals surface area (Å²) in [6, 6.07) is 8.59. The molecule has 1 aromatic carbocycles. The van der Waals surface area contributed by atoms with Crippen LogP contribution in [0.1, 0.15) is 51.1 Å². The quantitative estimate of drug-likeness (QED) is 0.866. The van der Waals surface area contributed by atoms with Gasteiger partial charge in [0.05, 0.1) is 0 Å². The lowest BCUT2D eigenvalue weighted by Gasteiger charge is -2.13. The monoisotopic (exact) mass is 286 g/mol. The summed E-state index contributed by atoms with van der Waals surface area (Å²) in [7, 11) is 0. The maximum atomic E-state index is 12.3. The number of anilines is 1. The Morgan fingerprint density at radius 2 is 1.81 bits per heavy atom. The van der Waals surface area contributed by atoms with E-state index in [1.807, 2.05) is 12.1 Å². The number of benzene rings is 1. The molecule has 1 aromatic rings. The average Bonchev–Trinajstić information content (AvgIpc) is 3.22. The van der Waals surface area contributed by atoms with Crippen molar-refractivity contribution < 1.29 is 4.79 Å². The van der Waals surface area contributed by atoms with Gasteiger partial charge >= 0.3 is 0 Å². The summed E-state index contributed by atoms with van der Waals surface area (Å²) < 4.78 is 0. The van der Waals surface area contributed by atoms with Gasteiger partial charge in [0.1, 0.15) is 0 Å². The van der Waals surface area contributed by atoms with E-state index < -0.39 is 0 Å². The molecule has 0 radical (unpaired) electrons. The summed E-state index contributed by atoms with van der Waals surface area (Å²) in [6.07, 6.45) is 5.12. The van der Waals surface area contributed by atoms with Gasteiger partial charge in [-0.2, -0.15) is 0 Å². The summed E-state index contributed by atoms with van der Waals surface area (Å²) in [5.41, 5.74) is 2.19. The fourth-order valence-electron chi connectivity index (χ4n) is 3.89. The fraction of sp³-hybridized carbons (Fsp3) is 0.611. The highest BCUT2D eigenvalue weighted by molar-refractivity contribution is 5.94. The number of carbonyl (C=O) groups excluding carboxylic acids is 1. The Morgan fingerprint density at radius 3 is 2.38 bits per heavy atom. The molecule has 2 fully saturated rings. The predicted molar refractivity (Wildman–Crippen MR) is 86.1 cm³/mol. The Hall–Kier alpha value is -1.35. The van der Waals surface area contributed by atoms with Gasteiger partial charge in [0.15, 0.2) is 0 Å². The zero-order chi connectivity index (χ0) is 14.8. The van der Waals surface area contributed by atoms with Crippen molar-refractivity contribution in [2.75, 3.05) is 11.9 Å². The summed E-state index contributed by atoms with van der Waals surface area (Å²) in [4.78, 5) is 12.3. The first kappa shape index (κ1) is 14.6. The van der Waals surface area contributed by atoms with Crippen molar-refractivity contribution in [3.05, 3.63) is 29.8 Å². The van der Waals surface area contributed by atoms with Gasteiger partial charge in [-0.05, 0) is 55.8 Å². The molecular weight excluding hydrogens is 260 g/mol. The molecule has 0 heterocycles. The second-order valence-corrected chi connectivity index (χ2v) is 6.53. The average molecular weight is 286 g/mol. The van der Waals surface area contributed by atoms with Crippen LogP contribution in [0.3, 0.4) is 0 Å². The molecule has 0 aromatic heterocycles. The lowest BCUT2D eigenvalue weighted by molar-refractivity contribution is -0.117. The maximum absolute atomic E-state index is 12.3. The van der Waals surface area contributed by atoms with Crippen LogP contribution in [-0.4, -0.2) is 12.5 Å². The van der Waals surface area contributed by atoms with Crippen LogP contribution in [0.4, 0.5) is 5.69 Å². The lowest BCUT2D eigenvalue weighted by atomic mass is 10.0. The van der Waals surface area contributed by atoms with Crippen molar-refractivity contribution >= 4 is 11.6 Å². The molecule has 21 heavy (non-hydrogen) atoms. The number of hydrogen-bond acceptors (Lipinski definition) is 2. The second-order valence-electron chi connectivity index (χ2n) is 6.53. The molecule has 3 atom stereocenters. The molecule has 0 bridgehead atoms. The number of hydrogen-bond donors (Lipinski definition) is 2. The van der Waals surface area contributed by atoms with E-state index in [9.17, 15) is 4.79 Å².